The second kappa shape index (κ2) is 10.0. The van der Waals surface area contributed by atoms with Gasteiger partial charge >= 0.3 is 0 Å². The van der Waals surface area contributed by atoms with Crippen molar-refractivity contribution in [2.45, 2.75) is 19.4 Å². The number of methoxy groups -OCH3 is 3. The summed E-state index contributed by atoms with van der Waals surface area (Å²) in [6, 6.07) is 10.9. The summed E-state index contributed by atoms with van der Waals surface area (Å²) in [4.78, 5) is 12.1. The molecule has 0 aromatic heterocycles. The normalized spacial score (nSPS) is 13.9. The number of hydrogen-bond donors (Lipinski definition) is 1. The molecule has 1 aliphatic heterocycles. The first kappa shape index (κ1) is 22.9. The highest BCUT2D eigenvalue weighted by molar-refractivity contribution is 7.89. The second-order valence-electron chi connectivity index (χ2n) is 7.25. The minimum absolute atomic E-state index is 0.0621. The summed E-state index contributed by atoms with van der Waals surface area (Å²) in [5.74, 6) is 1.56. The van der Waals surface area contributed by atoms with Gasteiger partial charge in [0.2, 0.25) is 15.9 Å². The molecule has 0 radical (unpaired) electrons. The minimum Gasteiger partial charge on any atom is -0.497 e. The van der Waals surface area contributed by atoms with E-state index in [-0.39, 0.29) is 31.2 Å². The van der Waals surface area contributed by atoms with Crippen molar-refractivity contribution < 1.29 is 27.4 Å². The van der Waals surface area contributed by atoms with E-state index in [4.69, 9.17) is 14.2 Å². The molecular formula is C22H28N2O6S. The lowest BCUT2D eigenvalue weighted by atomic mass is 10.0. The lowest BCUT2D eigenvalue weighted by Crippen LogP contribution is -2.40. The number of carbonyl (C=O) groups excluding carboxylic acids is 1. The van der Waals surface area contributed by atoms with Crippen molar-refractivity contribution in [3.8, 4) is 17.2 Å². The molecule has 1 N–H and O–H groups in total. The number of ether oxygens (including phenoxy) is 3. The summed E-state index contributed by atoms with van der Waals surface area (Å²) in [6.45, 7) is 0.731. The van der Waals surface area contributed by atoms with Gasteiger partial charge in [0, 0.05) is 19.6 Å². The van der Waals surface area contributed by atoms with Crippen LogP contribution in [-0.4, -0.2) is 58.8 Å². The zero-order valence-electron chi connectivity index (χ0n) is 18.0. The number of nitrogens with zero attached hydrogens (tertiary/aromatic N) is 1. The molecule has 0 saturated heterocycles. The third-order valence-corrected chi connectivity index (χ3v) is 7.10. The van der Waals surface area contributed by atoms with E-state index in [2.05, 4.69) is 5.32 Å². The van der Waals surface area contributed by atoms with Crippen molar-refractivity contribution in [1.29, 1.82) is 0 Å². The maximum absolute atomic E-state index is 12.8. The van der Waals surface area contributed by atoms with Gasteiger partial charge in [-0.2, -0.15) is 4.31 Å². The molecule has 1 aliphatic rings. The first-order valence-electron chi connectivity index (χ1n) is 9.97. The molecule has 9 heteroatoms. The Kier molecular flexibility index (Phi) is 7.40. The average Bonchev–Trinajstić information content (AvgIpc) is 2.78. The summed E-state index contributed by atoms with van der Waals surface area (Å²) in [5.41, 5.74) is 2.78. The van der Waals surface area contributed by atoms with E-state index in [0.717, 1.165) is 22.4 Å². The molecule has 31 heavy (non-hydrogen) atoms. The summed E-state index contributed by atoms with van der Waals surface area (Å²) in [6.07, 6.45) is 0.779. The van der Waals surface area contributed by atoms with Crippen LogP contribution in [0.15, 0.2) is 36.4 Å². The average molecular weight is 449 g/mol. The molecule has 0 atom stereocenters. The summed E-state index contributed by atoms with van der Waals surface area (Å²) < 4.78 is 42.8. The smallest absolute Gasteiger partial charge is 0.224 e. The monoisotopic (exact) mass is 448 g/mol. The Labute approximate surface area is 183 Å². The van der Waals surface area contributed by atoms with E-state index in [9.17, 15) is 13.2 Å². The molecule has 0 spiro atoms. The van der Waals surface area contributed by atoms with Crippen molar-refractivity contribution in [1.82, 2.24) is 9.62 Å². The van der Waals surface area contributed by atoms with E-state index in [1.165, 1.54) is 4.31 Å². The molecule has 0 unspecified atom stereocenters. The van der Waals surface area contributed by atoms with Gasteiger partial charge in [-0.25, -0.2) is 8.42 Å². The molecule has 8 nitrogen and oxygen atoms in total. The van der Waals surface area contributed by atoms with E-state index in [1.807, 2.05) is 24.3 Å². The highest BCUT2D eigenvalue weighted by atomic mass is 32.2. The van der Waals surface area contributed by atoms with Gasteiger partial charge in [-0.05, 0) is 47.4 Å². The number of benzene rings is 2. The van der Waals surface area contributed by atoms with Crippen LogP contribution in [0.5, 0.6) is 17.2 Å². The number of sulfonamides is 1. The Bertz CT molecular complexity index is 1020. The fourth-order valence-corrected chi connectivity index (χ4v) is 4.86. The maximum Gasteiger partial charge on any atom is 0.224 e. The van der Waals surface area contributed by atoms with Gasteiger partial charge in [-0.3, -0.25) is 4.79 Å². The first-order chi connectivity index (χ1) is 14.9. The third kappa shape index (κ3) is 5.68. The van der Waals surface area contributed by atoms with Gasteiger partial charge in [0.05, 0.1) is 33.5 Å². The molecule has 168 valence electrons. The molecular weight excluding hydrogens is 420 g/mol. The van der Waals surface area contributed by atoms with Crippen molar-refractivity contribution in [2.24, 2.45) is 0 Å². The van der Waals surface area contributed by atoms with E-state index >= 15 is 0 Å². The molecule has 0 fully saturated rings. The van der Waals surface area contributed by atoms with Crippen molar-refractivity contribution in [3.63, 3.8) is 0 Å². The standard InChI is InChI=1S/C22H28N2O6S/c1-28-19-6-4-16(5-7-19)12-22(25)23-9-11-31(26,27)24-10-8-17-13-20(29-2)21(30-3)14-18(17)15-24/h4-7,13-14H,8-12,15H2,1-3H3,(H,23,25). The lowest BCUT2D eigenvalue weighted by molar-refractivity contribution is -0.120. The predicted octanol–water partition coefficient (Wildman–Crippen LogP) is 1.76. The largest absolute Gasteiger partial charge is 0.497 e. The van der Waals surface area contributed by atoms with E-state index < -0.39 is 10.0 Å². The number of hydrogen-bond acceptors (Lipinski definition) is 6. The molecule has 2 aromatic rings. The minimum atomic E-state index is -3.51. The van der Waals surface area contributed by atoms with Gasteiger partial charge in [0.25, 0.3) is 0 Å². The van der Waals surface area contributed by atoms with Crippen LogP contribution in [0.25, 0.3) is 0 Å². The van der Waals surface area contributed by atoms with Crippen LogP contribution in [-0.2, 0) is 34.2 Å². The Morgan fingerprint density at radius 1 is 1.00 bits per heavy atom. The molecule has 3 rings (SSSR count). The molecule has 1 heterocycles. The first-order valence-corrected chi connectivity index (χ1v) is 11.6. The summed E-state index contributed by atoms with van der Waals surface area (Å²) in [7, 11) is 1.20. The number of fused-ring (bicyclic) bond motifs is 1. The van der Waals surface area contributed by atoms with Gasteiger partial charge in [-0.1, -0.05) is 12.1 Å². The Morgan fingerprint density at radius 3 is 2.26 bits per heavy atom. The molecule has 0 bridgehead atoms. The van der Waals surface area contributed by atoms with Crippen LogP contribution in [0, 0.1) is 0 Å². The van der Waals surface area contributed by atoms with Crippen LogP contribution in [0.2, 0.25) is 0 Å². The van der Waals surface area contributed by atoms with Gasteiger partial charge in [0.1, 0.15) is 5.75 Å². The quantitative estimate of drug-likeness (QED) is 0.628. The van der Waals surface area contributed by atoms with E-state index in [1.54, 1.807) is 33.5 Å². The molecule has 2 aromatic carbocycles. The van der Waals surface area contributed by atoms with Crippen LogP contribution in [0.1, 0.15) is 16.7 Å². The number of amides is 1. The SMILES string of the molecule is COc1ccc(CC(=O)NCCS(=O)(=O)N2CCc3cc(OC)c(OC)cc3C2)cc1. The fraction of sp³-hybridized carbons (Fsp3) is 0.409. The van der Waals surface area contributed by atoms with Crippen molar-refractivity contribution in [3.05, 3.63) is 53.1 Å². The number of carbonyl (C=O) groups is 1. The topological polar surface area (TPSA) is 94.2 Å². The van der Waals surface area contributed by atoms with Crippen LogP contribution in [0.4, 0.5) is 0 Å². The Balaban J connectivity index is 1.54. The maximum atomic E-state index is 12.8. The van der Waals surface area contributed by atoms with Crippen LogP contribution in [0.3, 0.4) is 0 Å². The number of rotatable bonds is 9. The summed E-state index contributed by atoms with van der Waals surface area (Å²) in [5, 5.41) is 2.69. The predicted molar refractivity (Wildman–Crippen MR) is 117 cm³/mol. The highest BCUT2D eigenvalue weighted by Gasteiger charge is 2.27. The van der Waals surface area contributed by atoms with Crippen LogP contribution >= 0.6 is 0 Å². The Morgan fingerprint density at radius 2 is 1.65 bits per heavy atom. The fourth-order valence-electron chi connectivity index (χ4n) is 3.53. The van der Waals surface area contributed by atoms with Gasteiger partial charge < -0.3 is 19.5 Å². The zero-order chi connectivity index (χ0) is 22.4. The van der Waals surface area contributed by atoms with Crippen molar-refractivity contribution >= 4 is 15.9 Å². The zero-order valence-corrected chi connectivity index (χ0v) is 18.8. The lowest BCUT2D eigenvalue weighted by Gasteiger charge is -2.29. The Hall–Kier alpha value is -2.78. The second-order valence-corrected chi connectivity index (χ2v) is 9.34. The van der Waals surface area contributed by atoms with Crippen LogP contribution < -0.4 is 19.5 Å². The molecule has 0 aliphatic carbocycles. The number of nitrogens with one attached hydrogen (secondary N) is 1. The molecule has 0 saturated carbocycles. The third-order valence-electron chi connectivity index (χ3n) is 5.28. The van der Waals surface area contributed by atoms with Crippen molar-refractivity contribution in [2.75, 3.05) is 40.2 Å². The molecule has 1 amide bonds. The highest BCUT2D eigenvalue weighted by Crippen LogP contribution is 2.33. The van der Waals surface area contributed by atoms with Gasteiger partial charge in [-0.15, -0.1) is 0 Å². The van der Waals surface area contributed by atoms with Gasteiger partial charge in [0.15, 0.2) is 11.5 Å². The van der Waals surface area contributed by atoms with E-state index in [0.29, 0.717) is 24.5 Å². The summed E-state index contributed by atoms with van der Waals surface area (Å²) >= 11 is 0.